The smallest absolute Gasteiger partial charge is 0.441 e. The molecule has 2 aliphatic heterocycles. The zero-order chi connectivity index (χ0) is 27.3. The fraction of sp³-hybridized carbons (Fsp3) is 0.280. The number of hydrogen-bond donors (Lipinski definition) is 1. The van der Waals surface area contributed by atoms with Crippen LogP contribution in [0.25, 0.3) is 6.08 Å². The van der Waals surface area contributed by atoms with Gasteiger partial charge in [-0.3, -0.25) is 10.2 Å². The minimum atomic E-state index is -4.71. The van der Waals surface area contributed by atoms with Gasteiger partial charge < -0.3 is 18.9 Å². The Morgan fingerprint density at radius 1 is 1.03 bits per heavy atom. The largest absolute Gasteiger partial charge is 0.493 e. The predicted octanol–water partition coefficient (Wildman–Crippen LogP) is 4.66. The standard InChI is InChI=1S/C25H23F3N4O5S/c1-15-3-6-17(7-4-15)36-11-9-35-10-12-37-19-8-5-16(14-20(19)34-2)13-18-21(29)32-24(30-22(18)33)38-23(31-32)25(26,27)28/h3-8,13-14,29H,9-12H2,1-2H3/b18-13+,29-21?. The average Bonchev–Trinajstić information content (AvgIpc) is 3.32. The Labute approximate surface area is 220 Å². The molecule has 0 aliphatic carbocycles. The van der Waals surface area contributed by atoms with Gasteiger partial charge in [0.15, 0.2) is 17.3 Å². The number of rotatable bonds is 10. The van der Waals surface area contributed by atoms with Crippen LogP contribution in [-0.2, 0) is 9.53 Å². The molecule has 1 N–H and O–H groups in total. The van der Waals surface area contributed by atoms with E-state index in [1.807, 2.05) is 31.2 Å². The highest BCUT2D eigenvalue weighted by atomic mass is 32.2. The molecular weight excluding hydrogens is 525 g/mol. The van der Waals surface area contributed by atoms with Crippen molar-refractivity contribution >= 4 is 39.8 Å². The highest BCUT2D eigenvalue weighted by Gasteiger charge is 2.46. The van der Waals surface area contributed by atoms with Gasteiger partial charge >= 0.3 is 6.18 Å². The number of carbonyl (C=O) groups is 1. The number of halogens is 3. The number of methoxy groups -OCH3 is 1. The summed E-state index contributed by atoms with van der Waals surface area (Å²) in [6.45, 7) is 3.34. The minimum Gasteiger partial charge on any atom is -0.493 e. The van der Waals surface area contributed by atoms with Crippen molar-refractivity contribution < 1.29 is 36.9 Å². The zero-order valence-corrected chi connectivity index (χ0v) is 21.2. The van der Waals surface area contributed by atoms with Crippen molar-refractivity contribution in [1.82, 2.24) is 5.01 Å². The van der Waals surface area contributed by atoms with Gasteiger partial charge in [0, 0.05) is 0 Å². The zero-order valence-electron chi connectivity index (χ0n) is 20.4. The molecule has 0 saturated carbocycles. The van der Waals surface area contributed by atoms with Crippen molar-refractivity contribution in [3.05, 3.63) is 59.2 Å². The van der Waals surface area contributed by atoms with Crippen molar-refractivity contribution in [3.63, 3.8) is 0 Å². The number of amidine groups is 2. The number of amides is 1. The molecule has 0 atom stereocenters. The molecule has 2 aliphatic rings. The van der Waals surface area contributed by atoms with Gasteiger partial charge in [-0.25, -0.2) is 0 Å². The van der Waals surface area contributed by atoms with Crippen molar-refractivity contribution in [2.24, 2.45) is 10.1 Å². The van der Waals surface area contributed by atoms with Crippen molar-refractivity contribution in [1.29, 1.82) is 5.41 Å². The molecule has 0 aromatic heterocycles. The third kappa shape index (κ3) is 6.53. The van der Waals surface area contributed by atoms with Crippen LogP contribution in [0.2, 0.25) is 0 Å². The van der Waals surface area contributed by atoms with Crippen LogP contribution < -0.4 is 14.2 Å². The topological polar surface area (TPSA) is 106 Å². The molecule has 0 bridgehead atoms. The maximum atomic E-state index is 13.0. The summed E-state index contributed by atoms with van der Waals surface area (Å²) in [6, 6.07) is 12.5. The van der Waals surface area contributed by atoms with Gasteiger partial charge in [0.05, 0.1) is 25.9 Å². The van der Waals surface area contributed by atoms with Gasteiger partial charge in [0.1, 0.15) is 19.0 Å². The number of benzene rings is 2. The third-order valence-electron chi connectivity index (χ3n) is 5.20. The Morgan fingerprint density at radius 3 is 2.42 bits per heavy atom. The molecule has 4 rings (SSSR count). The maximum Gasteiger partial charge on any atom is 0.441 e. The summed E-state index contributed by atoms with van der Waals surface area (Å²) in [6.07, 6.45) is -3.37. The van der Waals surface area contributed by atoms with Crippen LogP contribution in [0.3, 0.4) is 0 Å². The summed E-state index contributed by atoms with van der Waals surface area (Å²) in [5, 5.41) is 10.8. The molecule has 0 fully saturated rings. The van der Waals surface area contributed by atoms with Gasteiger partial charge in [-0.15, -0.1) is 0 Å². The number of fused-ring (bicyclic) bond motifs is 1. The highest BCUT2D eigenvalue weighted by Crippen LogP contribution is 2.36. The van der Waals surface area contributed by atoms with Crippen molar-refractivity contribution in [2.75, 3.05) is 33.5 Å². The lowest BCUT2D eigenvalue weighted by Crippen LogP contribution is -2.35. The summed E-state index contributed by atoms with van der Waals surface area (Å²) in [4.78, 5) is 16.1. The third-order valence-corrected chi connectivity index (χ3v) is 6.15. The van der Waals surface area contributed by atoms with E-state index in [4.69, 9.17) is 24.4 Å². The quantitative estimate of drug-likeness (QED) is 0.340. The average molecular weight is 549 g/mol. The molecule has 0 saturated heterocycles. The predicted molar refractivity (Wildman–Crippen MR) is 137 cm³/mol. The second-order valence-electron chi connectivity index (χ2n) is 7.96. The van der Waals surface area contributed by atoms with Crippen molar-refractivity contribution in [2.45, 2.75) is 13.1 Å². The molecule has 2 aromatic carbocycles. The first-order chi connectivity index (χ1) is 18.2. The number of carbonyl (C=O) groups excluding carboxylic acids is 1. The number of aryl methyl sites for hydroxylation is 1. The van der Waals surface area contributed by atoms with Crippen LogP contribution in [0.1, 0.15) is 11.1 Å². The molecule has 2 aromatic rings. The normalized spacial score (nSPS) is 16.3. The molecule has 0 unspecified atom stereocenters. The fourth-order valence-electron chi connectivity index (χ4n) is 3.33. The Morgan fingerprint density at radius 2 is 1.74 bits per heavy atom. The molecule has 13 heteroatoms. The molecule has 1 amide bonds. The second-order valence-corrected chi connectivity index (χ2v) is 8.91. The van der Waals surface area contributed by atoms with E-state index in [1.54, 1.807) is 18.2 Å². The van der Waals surface area contributed by atoms with Crippen LogP contribution in [0.4, 0.5) is 13.2 Å². The number of nitrogens with one attached hydrogen (secondary N) is 1. The van der Waals surface area contributed by atoms with E-state index < -0.39 is 23.0 Å². The highest BCUT2D eigenvalue weighted by molar-refractivity contribution is 8.27. The number of hydrazone groups is 1. The molecule has 200 valence electrons. The van der Waals surface area contributed by atoms with Crippen LogP contribution in [0, 0.1) is 12.3 Å². The summed E-state index contributed by atoms with van der Waals surface area (Å²) in [5.41, 5.74) is 1.40. The fourth-order valence-corrected chi connectivity index (χ4v) is 4.09. The lowest BCUT2D eigenvalue weighted by atomic mass is 10.1. The molecule has 0 spiro atoms. The number of thioether (sulfide) groups is 1. The number of nitrogens with zero attached hydrogens (tertiary/aromatic N) is 3. The molecular formula is C25H23F3N4O5S. The van der Waals surface area contributed by atoms with Gasteiger partial charge in [-0.2, -0.15) is 28.3 Å². The van der Waals surface area contributed by atoms with E-state index in [2.05, 4.69) is 10.1 Å². The first-order valence-corrected chi connectivity index (χ1v) is 12.1. The number of ether oxygens (including phenoxy) is 4. The Hall–Kier alpha value is -3.84. The maximum absolute atomic E-state index is 13.0. The Bertz CT molecular complexity index is 1310. The van der Waals surface area contributed by atoms with E-state index in [1.165, 1.54) is 13.2 Å². The van der Waals surface area contributed by atoms with E-state index in [9.17, 15) is 18.0 Å². The van der Waals surface area contributed by atoms with Gasteiger partial charge in [0.2, 0.25) is 10.2 Å². The molecule has 0 radical (unpaired) electrons. The van der Waals surface area contributed by atoms with Crippen LogP contribution in [0.15, 0.2) is 58.1 Å². The van der Waals surface area contributed by atoms with Gasteiger partial charge in [0.25, 0.3) is 5.91 Å². The Kier molecular flexibility index (Phi) is 8.37. The summed E-state index contributed by atoms with van der Waals surface area (Å²) >= 11 is 0.197. The van der Waals surface area contributed by atoms with Crippen LogP contribution >= 0.6 is 11.8 Å². The van der Waals surface area contributed by atoms with Gasteiger partial charge in [-0.05, 0) is 54.6 Å². The van der Waals surface area contributed by atoms with E-state index in [-0.39, 0.29) is 29.1 Å². The monoisotopic (exact) mass is 548 g/mol. The lowest BCUT2D eigenvalue weighted by molar-refractivity contribution is -0.114. The summed E-state index contributed by atoms with van der Waals surface area (Å²) in [5.74, 6) is 0.209. The summed E-state index contributed by atoms with van der Waals surface area (Å²) in [7, 11) is 1.44. The number of aliphatic imine (C=N–C) groups is 1. The van der Waals surface area contributed by atoms with Crippen molar-refractivity contribution in [3.8, 4) is 17.2 Å². The number of alkyl halides is 3. The first-order valence-electron chi connectivity index (χ1n) is 11.3. The molecule has 38 heavy (non-hydrogen) atoms. The van der Waals surface area contributed by atoms with E-state index in [0.29, 0.717) is 41.9 Å². The van der Waals surface area contributed by atoms with E-state index >= 15 is 0 Å². The van der Waals surface area contributed by atoms with Crippen LogP contribution in [0.5, 0.6) is 17.2 Å². The second kappa shape index (κ2) is 11.7. The first kappa shape index (κ1) is 27.2. The van der Waals surface area contributed by atoms with Gasteiger partial charge in [-0.1, -0.05) is 23.8 Å². The summed E-state index contributed by atoms with van der Waals surface area (Å²) < 4.78 is 61.2. The lowest BCUT2D eigenvalue weighted by Gasteiger charge is -2.20. The Balaban J connectivity index is 1.32. The van der Waals surface area contributed by atoms with Crippen LogP contribution in [-0.4, -0.2) is 66.7 Å². The number of hydrogen-bond acceptors (Lipinski definition) is 8. The minimum absolute atomic E-state index is 0.197. The molecule has 2 heterocycles. The molecule has 9 nitrogen and oxygen atoms in total. The van der Waals surface area contributed by atoms with E-state index in [0.717, 1.165) is 11.3 Å². The SMILES string of the molecule is COc1cc(/C=C2\C(=N)N3N=C(C(F)(F)F)SC3=NC2=O)ccc1OCCOCCOc1ccc(C)cc1.